The van der Waals surface area contributed by atoms with Crippen LogP contribution in [-0.4, -0.2) is 22.7 Å². The molecule has 0 atom stereocenters. The maximum Gasteiger partial charge on any atom is 0.293 e. The van der Waals surface area contributed by atoms with Crippen molar-refractivity contribution in [3.63, 3.8) is 0 Å². The molecule has 0 saturated carbocycles. The van der Waals surface area contributed by atoms with Gasteiger partial charge in [0.1, 0.15) is 6.61 Å². The summed E-state index contributed by atoms with van der Waals surface area (Å²) in [7, 11) is 0. The Morgan fingerprint density at radius 3 is 2.37 bits per heavy atom. The average Bonchev–Trinajstić information content (AvgIpc) is 3.08. The molecular weight excluding hydrogens is 550 g/mol. The summed E-state index contributed by atoms with van der Waals surface area (Å²) in [6, 6.07) is 18.9. The van der Waals surface area contributed by atoms with Crippen LogP contribution >= 0.6 is 39.3 Å². The second kappa shape index (κ2) is 11.3. The number of carbonyl (C=O) groups is 2. The van der Waals surface area contributed by atoms with E-state index in [9.17, 15) is 9.59 Å². The van der Waals surface area contributed by atoms with E-state index in [4.69, 9.17) is 21.1 Å². The third-order valence-electron chi connectivity index (χ3n) is 5.26. The molecule has 2 amide bonds. The molecule has 1 aliphatic rings. The zero-order chi connectivity index (χ0) is 24.9. The quantitative estimate of drug-likeness (QED) is 0.260. The Kier molecular flexibility index (Phi) is 8.21. The Morgan fingerprint density at radius 1 is 1.00 bits per heavy atom. The second-order valence-corrected chi connectivity index (χ2v) is 10.2. The van der Waals surface area contributed by atoms with E-state index in [0.717, 1.165) is 34.0 Å². The summed E-state index contributed by atoms with van der Waals surface area (Å²) >= 11 is 10.5. The second-order valence-electron chi connectivity index (χ2n) is 7.93. The SMILES string of the molecule is CCOc1cc(/C=C2\SC(=O)N(Cc3ccc(C)cc3)C2=O)cc(Br)c1OCc1ccc(Cl)cc1. The first-order valence-corrected chi connectivity index (χ1v) is 13.0. The summed E-state index contributed by atoms with van der Waals surface area (Å²) in [4.78, 5) is 27.2. The van der Waals surface area contributed by atoms with Crippen molar-refractivity contribution in [1.29, 1.82) is 0 Å². The molecule has 0 bridgehead atoms. The van der Waals surface area contributed by atoms with Crippen molar-refractivity contribution in [2.45, 2.75) is 27.0 Å². The molecule has 5 nitrogen and oxygen atoms in total. The number of carbonyl (C=O) groups excluding carboxylic acids is 2. The Bertz CT molecular complexity index is 1280. The van der Waals surface area contributed by atoms with Gasteiger partial charge >= 0.3 is 0 Å². The number of ether oxygens (including phenoxy) is 2. The van der Waals surface area contributed by atoms with Gasteiger partial charge < -0.3 is 9.47 Å². The highest BCUT2D eigenvalue weighted by Gasteiger charge is 2.35. The van der Waals surface area contributed by atoms with E-state index in [1.54, 1.807) is 12.1 Å². The van der Waals surface area contributed by atoms with E-state index in [0.29, 0.717) is 39.1 Å². The van der Waals surface area contributed by atoms with Crippen LogP contribution in [-0.2, 0) is 17.9 Å². The van der Waals surface area contributed by atoms with Crippen LogP contribution in [0.4, 0.5) is 4.79 Å². The highest BCUT2D eigenvalue weighted by atomic mass is 79.9. The topological polar surface area (TPSA) is 55.8 Å². The Labute approximate surface area is 222 Å². The van der Waals surface area contributed by atoms with Crippen molar-refractivity contribution < 1.29 is 19.1 Å². The van der Waals surface area contributed by atoms with Crippen molar-refractivity contribution in [3.05, 3.63) is 97.3 Å². The molecule has 1 fully saturated rings. The molecule has 3 aromatic carbocycles. The molecule has 0 N–H and O–H groups in total. The fourth-order valence-corrected chi connectivity index (χ4v) is 5.01. The molecule has 4 rings (SSSR count). The molecule has 1 aliphatic heterocycles. The predicted octanol–water partition coefficient (Wildman–Crippen LogP) is 7.63. The summed E-state index contributed by atoms with van der Waals surface area (Å²) < 4.78 is 12.5. The maximum atomic E-state index is 13.0. The van der Waals surface area contributed by atoms with E-state index in [1.807, 2.05) is 68.4 Å². The van der Waals surface area contributed by atoms with Gasteiger partial charge in [0.05, 0.1) is 22.5 Å². The third-order valence-corrected chi connectivity index (χ3v) is 7.01. The lowest BCUT2D eigenvalue weighted by Crippen LogP contribution is -2.27. The van der Waals surface area contributed by atoms with Crippen LogP contribution in [0, 0.1) is 6.92 Å². The van der Waals surface area contributed by atoms with Crippen LogP contribution in [0.1, 0.15) is 29.2 Å². The molecule has 0 unspecified atom stereocenters. The number of nitrogens with zero attached hydrogens (tertiary/aromatic N) is 1. The highest BCUT2D eigenvalue weighted by Crippen LogP contribution is 2.40. The third kappa shape index (κ3) is 6.28. The first-order chi connectivity index (χ1) is 16.8. The standard InChI is InChI=1S/C27H23BrClNO4S/c1-3-33-23-13-20(12-22(28)25(23)34-16-19-8-10-21(29)11-9-19)14-24-26(31)30(27(32)35-24)15-18-6-4-17(2)5-7-18/h4-14H,3,15-16H2,1-2H3/b24-14-. The molecular formula is C27H23BrClNO4S. The number of imide groups is 1. The van der Waals surface area contributed by atoms with Gasteiger partial charge in [-0.05, 0) is 88.6 Å². The van der Waals surface area contributed by atoms with Gasteiger partial charge in [0.25, 0.3) is 11.1 Å². The normalized spacial score (nSPS) is 14.6. The predicted molar refractivity (Wildman–Crippen MR) is 144 cm³/mol. The van der Waals surface area contributed by atoms with Gasteiger partial charge in [0, 0.05) is 5.02 Å². The van der Waals surface area contributed by atoms with Crippen molar-refractivity contribution in [2.75, 3.05) is 6.61 Å². The molecule has 0 spiro atoms. The number of thioether (sulfide) groups is 1. The summed E-state index contributed by atoms with van der Waals surface area (Å²) in [6.45, 7) is 4.91. The van der Waals surface area contributed by atoms with Gasteiger partial charge in [0.2, 0.25) is 0 Å². The van der Waals surface area contributed by atoms with Gasteiger partial charge in [-0.15, -0.1) is 0 Å². The number of rotatable bonds is 8. The lowest BCUT2D eigenvalue weighted by Gasteiger charge is -2.15. The smallest absolute Gasteiger partial charge is 0.293 e. The highest BCUT2D eigenvalue weighted by molar-refractivity contribution is 9.10. The average molecular weight is 573 g/mol. The molecule has 0 aliphatic carbocycles. The number of hydrogen-bond acceptors (Lipinski definition) is 5. The van der Waals surface area contributed by atoms with Gasteiger partial charge in [-0.2, -0.15) is 0 Å². The number of benzene rings is 3. The van der Waals surface area contributed by atoms with Gasteiger partial charge in [0.15, 0.2) is 11.5 Å². The van der Waals surface area contributed by atoms with E-state index < -0.39 is 0 Å². The minimum Gasteiger partial charge on any atom is -0.490 e. The van der Waals surface area contributed by atoms with E-state index in [-0.39, 0.29) is 17.7 Å². The number of hydrogen-bond donors (Lipinski definition) is 0. The Balaban J connectivity index is 1.54. The summed E-state index contributed by atoms with van der Waals surface area (Å²) in [5.74, 6) is 0.796. The van der Waals surface area contributed by atoms with Crippen LogP contribution in [0.2, 0.25) is 5.02 Å². The number of halogens is 2. The fourth-order valence-electron chi connectivity index (χ4n) is 3.47. The molecule has 180 valence electrons. The van der Waals surface area contributed by atoms with Crippen molar-refractivity contribution in [3.8, 4) is 11.5 Å². The molecule has 8 heteroatoms. The zero-order valence-electron chi connectivity index (χ0n) is 19.2. The van der Waals surface area contributed by atoms with Crippen LogP contribution < -0.4 is 9.47 Å². The van der Waals surface area contributed by atoms with Crippen molar-refractivity contribution in [1.82, 2.24) is 4.90 Å². The summed E-state index contributed by atoms with van der Waals surface area (Å²) in [5, 5.41) is 0.381. The van der Waals surface area contributed by atoms with Gasteiger partial charge in [-0.3, -0.25) is 14.5 Å². The number of aryl methyl sites for hydroxylation is 1. The molecule has 1 saturated heterocycles. The van der Waals surface area contributed by atoms with Crippen LogP contribution in [0.5, 0.6) is 11.5 Å². The van der Waals surface area contributed by atoms with E-state index >= 15 is 0 Å². The minimum absolute atomic E-state index is 0.244. The minimum atomic E-state index is -0.308. The maximum absolute atomic E-state index is 13.0. The van der Waals surface area contributed by atoms with E-state index in [2.05, 4.69) is 15.9 Å². The fraction of sp³-hybridized carbons (Fsp3) is 0.185. The lowest BCUT2D eigenvalue weighted by molar-refractivity contribution is -0.123. The largest absolute Gasteiger partial charge is 0.490 e. The molecule has 35 heavy (non-hydrogen) atoms. The molecule has 0 radical (unpaired) electrons. The van der Waals surface area contributed by atoms with Crippen molar-refractivity contribution >= 4 is 56.5 Å². The monoisotopic (exact) mass is 571 g/mol. The number of amides is 2. The first kappa shape index (κ1) is 25.4. The zero-order valence-corrected chi connectivity index (χ0v) is 22.4. The van der Waals surface area contributed by atoms with Crippen LogP contribution in [0.25, 0.3) is 6.08 Å². The van der Waals surface area contributed by atoms with Crippen molar-refractivity contribution in [2.24, 2.45) is 0 Å². The summed E-state index contributed by atoms with van der Waals surface area (Å²) in [6.07, 6.45) is 1.70. The molecule has 3 aromatic rings. The van der Waals surface area contributed by atoms with Crippen LogP contribution in [0.15, 0.2) is 70.0 Å². The lowest BCUT2D eigenvalue weighted by atomic mass is 10.1. The Hall–Kier alpha value is -2.74. The van der Waals surface area contributed by atoms with Gasteiger partial charge in [-0.25, -0.2) is 0 Å². The first-order valence-electron chi connectivity index (χ1n) is 11.0. The molecule has 0 aromatic heterocycles. The summed E-state index contributed by atoms with van der Waals surface area (Å²) in [5.41, 5.74) is 3.72. The Morgan fingerprint density at radius 2 is 1.69 bits per heavy atom. The van der Waals surface area contributed by atoms with Crippen LogP contribution in [0.3, 0.4) is 0 Å². The molecule has 1 heterocycles. The van der Waals surface area contributed by atoms with E-state index in [1.165, 1.54) is 4.90 Å². The van der Waals surface area contributed by atoms with Gasteiger partial charge in [-0.1, -0.05) is 53.6 Å².